The molecule has 0 atom stereocenters. The predicted molar refractivity (Wildman–Crippen MR) is 90.6 cm³/mol. The van der Waals surface area contributed by atoms with Gasteiger partial charge in [0.2, 0.25) is 0 Å². The fourth-order valence-corrected chi connectivity index (χ4v) is 3.75. The highest BCUT2D eigenvalue weighted by atomic mass is 35.5. The van der Waals surface area contributed by atoms with Crippen molar-refractivity contribution in [3.63, 3.8) is 0 Å². The van der Waals surface area contributed by atoms with E-state index < -0.39 is 0 Å². The van der Waals surface area contributed by atoms with Gasteiger partial charge in [0.05, 0.1) is 10.9 Å². The molecule has 0 aliphatic carbocycles. The number of hydrogen-bond acceptors (Lipinski definition) is 6. The van der Waals surface area contributed by atoms with Crippen LogP contribution in [0.4, 0.5) is 10.8 Å². The fourth-order valence-electron chi connectivity index (χ4n) is 1.84. The monoisotopic (exact) mass is 344 g/mol. The van der Waals surface area contributed by atoms with E-state index in [4.69, 9.17) is 17.3 Å². The summed E-state index contributed by atoms with van der Waals surface area (Å²) in [6, 6.07) is 3.89. The molecule has 0 unspecified atom stereocenters. The van der Waals surface area contributed by atoms with Gasteiger partial charge in [0.25, 0.3) is 5.91 Å². The van der Waals surface area contributed by atoms with Gasteiger partial charge < -0.3 is 16.0 Å². The number of rotatable bonds is 5. The van der Waals surface area contributed by atoms with E-state index >= 15 is 0 Å². The maximum atomic E-state index is 12.2. The molecule has 1 amide bonds. The van der Waals surface area contributed by atoms with E-state index in [2.05, 4.69) is 9.69 Å². The summed E-state index contributed by atoms with van der Waals surface area (Å²) in [5.74, 6) is 0.0755. The first-order chi connectivity index (χ1) is 9.88. The number of nitrogen functional groups attached to an aromatic ring is 1. The van der Waals surface area contributed by atoms with E-state index in [1.165, 1.54) is 22.9 Å². The van der Waals surface area contributed by atoms with Crippen LogP contribution in [-0.4, -0.2) is 23.4 Å². The third kappa shape index (κ3) is 3.87. The van der Waals surface area contributed by atoms with Crippen LogP contribution in [0.5, 0.6) is 0 Å². The zero-order chi connectivity index (χ0) is 15.6. The number of carbonyl (C=O) groups is 1. The minimum Gasteiger partial charge on any atom is -0.382 e. The van der Waals surface area contributed by atoms with Crippen LogP contribution in [-0.2, 0) is 6.54 Å². The van der Waals surface area contributed by atoms with Crippen molar-refractivity contribution in [2.45, 2.75) is 26.4 Å². The number of nitrogens with two attached hydrogens (primary N) is 1. The number of anilines is 2. The van der Waals surface area contributed by atoms with Crippen LogP contribution in [0.1, 0.15) is 29.1 Å². The van der Waals surface area contributed by atoms with Gasteiger partial charge >= 0.3 is 0 Å². The van der Waals surface area contributed by atoms with Crippen LogP contribution in [0.3, 0.4) is 0 Å². The zero-order valence-corrected chi connectivity index (χ0v) is 14.4. The Kier molecular flexibility index (Phi) is 5.08. The third-order valence-electron chi connectivity index (χ3n) is 2.72. The Morgan fingerprint density at radius 3 is 2.81 bits per heavy atom. The molecule has 2 heterocycles. The minimum atomic E-state index is -0.192. The lowest BCUT2D eigenvalue weighted by molar-refractivity contribution is 0.0945. The van der Waals surface area contributed by atoms with E-state index in [0.29, 0.717) is 12.1 Å². The predicted octanol–water partition coefficient (Wildman–Crippen LogP) is 3.21. The molecule has 0 radical (unpaired) electrons. The van der Waals surface area contributed by atoms with Gasteiger partial charge in [0.15, 0.2) is 5.82 Å². The highest BCUT2D eigenvalue weighted by Gasteiger charge is 2.22. The number of nitrogens with zero attached hydrogens (tertiary/aromatic N) is 2. The Labute approximate surface area is 136 Å². The summed E-state index contributed by atoms with van der Waals surface area (Å²) in [5.41, 5.74) is 6.29. The zero-order valence-electron chi connectivity index (χ0n) is 12.0. The Hall–Kier alpha value is -1.31. The lowest BCUT2D eigenvalue weighted by Gasteiger charge is -2.18. The quantitative estimate of drug-likeness (QED) is 0.873. The van der Waals surface area contributed by atoms with Crippen molar-refractivity contribution >= 4 is 51.2 Å². The molecule has 2 aromatic heterocycles. The molecule has 0 saturated carbocycles. The number of aromatic nitrogens is 1. The SMILES string of the molecule is CC(C)NC(=O)c1c(N)nsc1N(C)Cc1ccc(Cl)s1. The van der Waals surface area contributed by atoms with Gasteiger partial charge in [-0.3, -0.25) is 4.79 Å². The number of carbonyl (C=O) groups excluding carboxylic acids is 1. The second-order valence-electron chi connectivity index (χ2n) is 4.94. The summed E-state index contributed by atoms with van der Waals surface area (Å²) in [5, 5.41) is 3.61. The van der Waals surface area contributed by atoms with Gasteiger partial charge in [-0.2, -0.15) is 4.37 Å². The van der Waals surface area contributed by atoms with Gasteiger partial charge in [-0.15, -0.1) is 11.3 Å². The molecule has 0 aliphatic rings. The maximum Gasteiger partial charge on any atom is 0.258 e. The molecule has 8 heteroatoms. The summed E-state index contributed by atoms with van der Waals surface area (Å²) in [6.45, 7) is 4.47. The van der Waals surface area contributed by atoms with Crippen LogP contribution in [0.2, 0.25) is 4.34 Å². The largest absolute Gasteiger partial charge is 0.382 e. The molecular formula is C13H17ClN4OS2. The van der Waals surface area contributed by atoms with Gasteiger partial charge in [0, 0.05) is 18.0 Å². The highest BCUT2D eigenvalue weighted by Crippen LogP contribution is 2.32. The van der Waals surface area contributed by atoms with E-state index in [-0.39, 0.29) is 17.8 Å². The Balaban J connectivity index is 2.21. The second kappa shape index (κ2) is 6.64. The van der Waals surface area contributed by atoms with E-state index in [1.807, 2.05) is 37.9 Å². The van der Waals surface area contributed by atoms with Gasteiger partial charge in [-0.05, 0) is 37.5 Å². The van der Waals surface area contributed by atoms with Crippen molar-refractivity contribution in [2.75, 3.05) is 17.7 Å². The first-order valence-electron chi connectivity index (χ1n) is 6.39. The number of hydrogen-bond donors (Lipinski definition) is 2. The molecule has 0 spiro atoms. The summed E-state index contributed by atoms with van der Waals surface area (Å²) in [4.78, 5) is 15.3. The molecule has 21 heavy (non-hydrogen) atoms. The molecule has 0 aliphatic heterocycles. The van der Waals surface area contributed by atoms with E-state index in [0.717, 1.165) is 14.2 Å². The Morgan fingerprint density at radius 2 is 2.24 bits per heavy atom. The number of thiophene rings is 1. The number of amides is 1. The summed E-state index contributed by atoms with van der Waals surface area (Å²) in [7, 11) is 1.91. The van der Waals surface area contributed by atoms with E-state index in [1.54, 1.807) is 0 Å². The van der Waals surface area contributed by atoms with Gasteiger partial charge in [-0.25, -0.2) is 0 Å². The molecule has 0 bridgehead atoms. The molecule has 0 fully saturated rings. The fraction of sp³-hybridized carbons (Fsp3) is 0.385. The molecule has 0 aromatic carbocycles. The molecular weight excluding hydrogens is 328 g/mol. The van der Waals surface area contributed by atoms with Crippen LogP contribution in [0.15, 0.2) is 12.1 Å². The van der Waals surface area contributed by atoms with Crippen LogP contribution < -0.4 is 16.0 Å². The average Bonchev–Trinajstić information content (AvgIpc) is 2.94. The molecule has 2 aromatic rings. The van der Waals surface area contributed by atoms with Crippen molar-refractivity contribution in [3.8, 4) is 0 Å². The van der Waals surface area contributed by atoms with Crippen LogP contribution >= 0.6 is 34.5 Å². The number of halogens is 1. The van der Waals surface area contributed by atoms with Crippen molar-refractivity contribution in [3.05, 3.63) is 26.9 Å². The summed E-state index contributed by atoms with van der Waals surface area (Å²) in [6.07, 6.45) is 0. The molecule has 0 saturated heterocycles. The van der Waals surface area contributed by atoms with Crippen molar-refractivity contribution in [1.29, 1.82) is 0 Å². The third-order valence-corrected chi connectivity index (χ3v) is 4.91. The molecule has 2 rings (SSSR count). The first kappa shape index (κ1) is 16.1. The van der Waals surface area contributed by atoms with Crippen LogP contribution in [0, 0.1) is 0 Å². The average molecular weight is 345 g/mol. The summed E-state index contributed by atoms with van der Waals surface area (Å²) < 4.78 is 4.86. The van der Waals surface area contributed by atoms with Crippen molar-refractivity contribution in [1.82, 2.24) is 9.69 Å². The minimum absolute atomic E-state index is 0.0473. The van der Waals surface area contributed by atoms with Crippen molar-refractivity contribution < 1.29 is 4.79 Å². The highest BCUT2D eigenvalue weighted by molar-refractivity contribution is 7.16. The van der Waals surface area contributed by atoms with Crippen molar-refractivity contribution in [2.24, 2.45) is 0 Å². The molecule has 3 N–H and O–H groups in total. The maximum absolute atomic E-state index is 12.2. The Morgan fingerprint density at radius 1 is 1.52 bits per heavy atom. The van der Waals surface area contributed by atoms with Crippen LogP contribution in [0.25, 0.3) is 0 Å². The lowest BCUT2D eigenvalue weighted by Crippen LogP contribution is -2.31. The summed E-state index contributed by atoms with van der Waals surface area (Å²) >= 11 is 8.69. The topological polar surface area (TPSA) is 71.2 Å². The normalized spacial score (nSPS) is 10.9. The van der Waals surface area contributed by atoms with E-state index in [9.17, 15) is 4.79 Å². The molecule has 5 nitrogen and oxygen atoms in total. The van der Waals surface area contributed by atoms with Gasteiger partial charge in [-0.1, -0.05) is 11.6 Å². The Bertz CT molecular complexity index is 638. The smallest absolute Gasteiger partial charge is 0.258 e. The number of nitrogens with one attached hydrogen (secondary N) is 1. The second-order valence-corrected chi connectivity index (χ2v) is 7.49. The lowest BCUT2D eigenvalue weighted by atomic mass is 10.2. The van der Waals surface area contributed by atoms with Gasteiger partial charge in [0.1, 0.15) is 10.6 Å². The first-order valence-corrected chi connectivity index (χ1v) is 8.36. The molecule has 114 valence electrons. The standard InChI is InChI=1S/C13H17ClN4OS2/c1-7(2)16-12(19)10-11(15)17-21-13(10)18(3)6-8-4-5-9(14)20-8/h4-5,7H,6H2,1-3H3,(H2,15,17)(H,16,19).